The minimum Gasteiger partial charge on any atom is -0.398 e. The number of nitrogens with zero attached hydrogens (tertiary/aromatic N) is 1. The summed E-state index contributed by atoms with van der Waals surface area (Å²) in [5.41, 5.74) is 15.1. The fraction of sp³-hybridized carbons (Fsp3) is 0.0857. The van der Waals surface area contributed by atoms with E-state index in [1.807, 2.05) is 54.6 Å². The number of rotatable bonds is 3. The second kappa shape index (κ2) is 10.1. The molecule has 0 saturated carbocycles. The maximum Gasteiger partial charge on any atom is 0.0867 e. The first-order valence-corrected chi connectivity index (χ1v) is 12.9. The molecular weight excluding hydrogens is 476 g/mol. The quantitative estimate of drug-likeness (QED) is 0.242. The number of fused-ring (bicyclic) bond motifs is 3. The average molecular weight is 509 g/mol. The zero-order chi connectivity index (χ0) is 27.7. The van der Waals surface area contributed by atoms with Gasteiger partial charge in [-0.15, -0.1) is 0 Å². The zero-order valence-electron chi connectivity index (χ0n) is 22.3. The molecule has 39 heavy (non-hydrogen) atoms. The molecule has 6 rings (SSSR count). The fourth-order valence-electron chi connectivity index (χ4n) is 5.51. The molecule has 0 spiro atoms. The molecule has 1 heterocycles. The molecule has 0 radical (unpaired) electrons. The predicted molar refractivity (Wildman–Crippen MR) is 167 cm³/mol. The molecule has 0 unspecified atom stereocenters. The minimum atomic E-state index is -0.151. The summed E-state index contributed by atoms with van der Waals surface area (Å²) in [5.74, 6) is 0. The van der Waals surface area contributed by atoms with Crippen LogP contribution in [-0.4, -0.2) is 11.4 Å². The standard InChI is InChI=1S/C25H24N2.C10H8N2/c1-5-19-22(6-2)27(24-14-10-9-13-20(24)25(19,3)4)23-16-15-21(26)17-11-7-8-12-18(17)23;11-9-6-5-7-3-1-2-4-8(7)10(9)12/h5-16H,1-2,26H2,3-4H3;1-6,11-12H. The molecule has 0 aromatic heterocycles. The Morgan fingerprint density at radius 1 is 0.744 bits per heavy atom. The Kier molecular flexibility index (Phi) is 6.63. The van der Waals surface area contributed by atoms with Gasteiger partial charge in [-0.3, -0.25) is 10.8 Å². The number of anilines is 3. The lowest BCUT2D eigenvalue weighted by Crippen LogP contribution is -2.33. The number of hydrogen-bond donors (Lipinski definition) is 3. The third-order valence-electron chi connectivity index (χ3n) is 7.51. The molecule has 4 N–H and O–H groups in total. The van der Waals surface area contributed by atoms with Gasteiger partial charge < -0.3 is 10.6 Å². The highest BCUT2D eigenvalue weighted by molar-refractivity contribution is 6.52. The van der Waals surface area contributed by atoms with Crippen molar-refractivity contribution in [1.29, 1.82) is 10.8 Å². The SMILES string of the molecule is C=CC1=C(C=C)C(C)(C)c2ccccc2N1c1ccc(N)c2ccccc12.N=C1C=Cc2ccccc2C1=N. The lowest BCUT2D eigenvalue weighted by molar-refractivity contribution is 0.622. The van der Waals surface area contributed by atoms with Crippen LogP contribution in [0, 0.1) is 10.8 Å². The van der Waals surface area contributed by atoms with Crippen molar-refractivity contribution < 1.29 is 0 Å². The first-order valence-electron chi connectivity index (χ1n) is 12.9. The molecule has 4 aromatic carbocycles. The summed E-state index contributed by atoms with van der Waals surface area (Å²) in [6, 6.07) is 28.5. The number of nitrogen functional groups attached to an aromatic ring is 1. The van der Waals surface area contributed by atoms with E-state index >= 15 is 0 Å². The summed E-state index contributed by atoms with van der Waals surface area (Å²) in [5, 5.41) is 17.2. The van der Waals surface area contributed by atoms with Gasteiger partial charge in [-0.2, -0.15) is 0 Å². The van der Waals surface area contributed by atoms with Crippen LogP contribution >= 0.6 is 0 Å². The smallest absolute Gasteiger partial charge is 0.0867 e. The van der Waals surface area contributed by atoms with E-state index in [1.54, 1.807) is 6.08 Å². The van der Waals surface area contributed by atoms with E-state index in [0.717, 1.165) is 50.2 Å². The van der Waals surface area contributed by atoms with Crippen molar-refractivity contribution in [3.63, 3.8) is 0 Å². The number of benzene rings is 4. The highest BCUT2D eigenvalue weighted by atomic mass is 15.2. The summed E-state index contributed by atoms with van der Waals surface area (Å²) in [7, 11) is 0. The van der Waals surface area contributed by atoms with E-state index in [1.165, 1.54) is 5.56 Å². The number of para-hydroxylation sites is 1. The van der Waals surface area contributed by atoms with Gasteiger partial charge in [-0.1, -0.05) is 106 Å². The molecule has 4 nitrogen and oxygen atoms in total. The van der Waals surface area contributed by atoms with Crippen LogP contribution in [0.3, 0.4) is 0 Å². The lowest BCUT2D eigenvalue weighted by Gasteiger charge is -2.42. The van der Waals surface area contributed by atoms with Crippen molar-refractivity contribution in [3.05, 3.63) is 144 Å². The number of nitrogens with one attached hydrogen (secondary N) is 2. The van der Waals surface area contributed by atoms with E-state index in [2.05, 4.69) is 80.4 Å². The van der Waals surface area contributed by atoms with Gasteiger partial charge in [-0.05, 0) is 47.1 Å². The van der Waals surface area contributed by atoms with Crippen LogP contribution in [0.2, 0.25) is 0 Å². The molecule has 0 saturated heterocycles. The molecule has 4 heteroatoms. The first kappa shape index (κ1) is 25.7. The van der Waals surface area contributed by atoms with Gasteiger partial charge in [0.25, 0.3) is 0 Å². The Balaban J connectivity index is 0.000000214. The van der Waals surface area contributed by atoms with Gasteiger partial charge in [0.2, 0.25) is 0 Å². The Hall–Kier alpha value is -4.96. The van der Waals surface area contributed by atoms with Gasteiger partial charge >= 0.3 is 0 Å². The van der Waals surface area contributed by atoms with E-state index in [4.69, 9.17) is 16.6 Å². The topological polar surface area (TPSA) is 77.0 Å². The second-order valence-corrected chi connectivity index (χ2v) is 10.1. The van der Waals surface area contributed by atoms with Gasteiger partial charge in [0.05, 0.1) is 22.8 Å². The Morgan fingerprint density at radius 2 is 1.41 bits per heavy atom. The lowest BCUT2D eigenvalue weighted by atomic mass is 9.73. The Morgan fingerprint density at radius 3 is 2.15 bits per heavy atom. The van der Waals surface area contributed by atoms with Crippen LogP contribution in [0.4, 0.5) is 17.1 Å². The first-order chi connectivity index (χ1) is 18.8. The Labute approximate surface area is 230 Å². The molecule has 4 aromatic rings. The van der Waals surface area contributed by atoms with Crippen LogP contribution in [0.25, 0.3) is 16.8 Å². The van der Waals surface area contributed by atoms with Gasteiger partial charge in [0, 0.05) is 33.1 Å². The maximum atomic E-state index is 7.60. The minimum absolute atomic E-state index is 0.151. The van der Waals surface area contributed by atoms with Crippen molar-refractivity contribution in [2.45, 2.75) is 19.3 Å². The second-order valence-electron chi connectivity index (χ2n) is 10.1. The molecule has 1 aliphatic carbocycles. The Bertz CT molecular complexity index is 1720. The largest absolute Gasteiger partial charge is 0.398 e. The monoisotopic (exact) mass is 508 g/mol. The molecule has 0 atom stereocenters. The van der Waals surface area contributed by atoms with Crippen molar-refractivity contribution >= 4 is 45.3 Å². The van der Waals surface area contributed by atoms with Crippen LogP contribution in [0.1, 0.15) is 30.5 Å². The fourth-order valence-corrected chi connectivity index (χ4v) is 5.51. The summed E-state index contributed by atoms with van der Waals surface area (Å²) < 4.78 is 0. The van der Waals surface area contributed by atoms with Crippen molar-refractivity contribution in [2.24, 2.45) is 0 Å². The van der Waals surface area contributed by atoms with Gasteiger partial charge in [0.1, 0.15) is 0 Å². The molecule has 0 fully saturated rings. The van der Waals surface area contributed by atoms with Crippen molar-refractivity contribution in [3.8, 4) is 0 Å². The van der Waals surface area contributed by atoms with E-state index in [9.17, 15) is 0 Å². The molecular formula is C35H32N4. The van der Waals surface area contributed by atoms with Crippen LogP contribution in [0.15, 0.2) is 128 Å². The molecule has 0 bridgehead atoms. The van der Waals surface area contributed by atoms with Gasteiger partial charge in [0.15, 0.2) is 0 Å². The summed E-state index contributed by atoms with van der Waals surface area (Å²) in [6.45, 7) is 12.7. The van der Waals surface area contributed by atoms with Crippen molar-refractivity contribution in [1.82, 2.24) is 0 Å². The summed E-state index contributed by atoms with van der Waals surface area (Å²) >= 11 is 0. The average Bonchev–Trinajstić information content (AvgIpc) is 2.96. The van der Waals surface area contributed by atoms with E-state index < -0.39 is 0 Å². The van der Waals surface area contributed by atoms with E-state index in [0.29, 0.717) is 5.71 Å². The highest BCUT2D eigenvalue weighted by Crippen LogP contribution is 2.50. The number of hydrogen-bond acceptors (Lipinski definition) is 4. The number of nitrogens with two attached hydrogens (primary N) is 1. The molecule has 0 amide bonds. The third-order valence-corrected chi connectivity index (χ3v) is 7.51. The molecule has 2 aliphatic rings. The maximum absolute atomic E-state index is 7.60. The predicted octanol–water partition coefficient (Wildman–Crippen LogP) is 8.58. The zero-order valence-corrected chi connectivity index (χ0v) is 22.3. The van der Waals surface area contributed by atoms with Crippen LogP contribution < -0.4 is 10.6 Å². The van der Waals surface area contributed by atoms with Gasteiger partial charge in [-0.25, -0.2) is 0 Å². The molecule has 1 aliphatic heterocycles. The number of allylic oxidation sites excluding steroid dienone is 4. The summed E-state index contributed by atoms with van der Waals surface area (Å²) in [6.07, 6.45) is 7.42. The highest BCUT2D eigenvalue weighted by Gasteiger charge is 2.36. The molecule has 192 valence electrons. The normalized spacial score (nSPS) is 15.3. The third kappa shape index (κ3) is 4.30. The summed E-state index contributed by atoms with van der Waals surface area (Å²) in [4.78, 5) is 2.28. The van der Waals surface area contributed by atoms with Crippen LogP contribution in [0.5, 0.6) is 0 Å². The van der Waals surface area contributed by atoms with Crippen LogP contribution in [-0.2, 0) is 5.41 Å². The van der Waals surface area contributed by atoms with E-state index in [-0.39, 0.29) is 11.1 Å². The van der Waals surface area contributed by atoms with Crippen molar-refractivity contribution in [2.75, 3.05) is 10.6 Å².